The van der Waals surface area contributed by atoms with E-state index in [-0.39, 0.29) is 17.1 Å². The molecule has 0 aliphatic rings. The molecule has 0 saturated carbocycles. The van der Waals surface area contributed by atoms with Gasteiger partial charge in [-0.2, -0.15) is 0 Å². The van der Waals surface area contributed by atoms with Crippen LogP contribution in [0.3, 0.4) is 0 Å². The van der Waals surface area contributed by atoms with E-state index in [1.165, 1.54) is 12.1 Å². The lowest BCUT2D eigenvalue weighted by molar-refractivity contribution is 0.583. The summed E-state index contributed by atoms with van der Waals surface area (Å²) in [6.45, 7) is 1.56. The van der Waals surface area contributed by atoms with Crippen LogP contribution >= 0.6 is 0 Å². The molecule has 2 N–H and O–H groups in total. The minimum absolute atomic E-state index is 0.00657. The van der Waals surface area contributed by atoms with Gasteiger partial charge in [-0.3, -0.25) is 0 Å². The number of benzene rings is 2. The summed E-state index contributed by atoms with van der Waals surface area (Å²) in [5, 5.41) is 0. The predicted octanol–water partition coefficient (Wildman–Crippen LogP) is 3.47. The second-order valence-corrected chi connectivity index (χ2v) is 4.50. The zero-order valence-corrected chi connectivity index (χ0v) is 10.7. The zero-order chi connectivity index (χ0) is 14.3. The first-order valence-electron chi connectivity index (χ1n) is 6.05. The Morgan fingerprint density at radius 1 is 0.950 bits per heavy atom. The highest BCUT2D eigenvalue weighted by Crippen LogP contribution is 2.30. The summed E-state index contributed by atoms with van der Waals surface area (Å²) in [5.74, 6) is -1.36. The van der Waals surface area contributed by atoms with Crippen LogP contribution in [-0.4, -0.2) is 9.97 Å². The number of nitrogens with zero attached hydrogens (tertiary/aromatic N) is 2. The summed E-state index contributed by atoms with van der Waals surface area (Å²) in [7, 11) is 0. The fraction of sp³-hybridized carbons (Fsp3) is 0.0667. The molecule has 0 saturated heterocycles. The number of aromatic nitrogens is 2. The van der Waals surface area contributed by atoms with Crippen molar-refractivity contribution in [3.8, 4) is 11.3 Å². The number of hydrogen-bond acceptors (Lipinski definition) is 3. The maximum Gasteiger partial charge on any atom is 0.150 e. The molecule has 0 amide bonds. The van der Waals surface area contributed by atoms with Crippen molar-refractivity contribution in [3.63, 3.8) is 0 Å². The number of nitrogens with two attached hydrogens (primary N) is 1. The van der Waals surface area contributed by atoms with Gasteiger partial charge < -0.3 is 5.73 Å². The highest BCUT2D eigenvalue weighted by atomic mass is 19.1. The molecule has 0 spiro atoms. The van der Waals surface area contributed by atoms with Gasteiger partial charge in [-0.1, -0.05) is 18.2 Å². The Morgan fingerprint density at radius 2 is 1.60 bits per heavy atom. The molecule has 5 heteroatoms. The second kappa shape index (κ2) is 4.52. The molecule has 0 aliphatic heterocycles. The maximum atomic E-state index is 14.2. The minimum Gasteiger partial charge on any atom is -0.382 e. The summed E-state index contributed by atoms with van der Waals surface area (Å²) in [6, 6.07) is 9.61. The summed E-state index contributed by atoms with van der Waals surface area (Å²) in [4.78, 5) is 8.39. The van der Waals surface area contributed by atoms with E-state index in [2.05, 4.69) is 9.97 Å². The van der Waals surface area contributed by atoms with Crippen LogP contribution in [0.5, 0.6) is 0 Å². The van der Waals surface area contributed by atoms with E-state index in [4.69, 9.17) is 5.73 Å². The average molecular weight is 271 g/mol. The Morgan fingerprint density at radius 3 is 2.30 bits per heavy atom. The molecule has 0 aliphatic carbocycles. The fourth-order valence-electron chi connectivity index (χ4n) is 2.07. The molecule has 20 heavy (non-hydrogen) atoms. The van der Waals surface area contributed by atoms with Gasteiger partial charge in [0.05, 0.1) is 16.6 Å². The van der Waals surface area contributed by atoms with Gasteiger partial charge in [-0.15, -0.1) is 0 Å². The molecule has 1 aromatic heterocycles. The van der Waals surface area contributed by atoms with Crippen molar-refractivity contribution >= 4 is 16.9 Å². The van der Waals surface area contributed by atoms with E-state index in [0.29, 0.717) is 16.6 Å². The summed E-state index contributed by atoms with van der Waals surface area (Å²) >= 11 is 0. The van der Waals surface area contributed by atoms with Crippen molar-refractivity contribution in [2.24, 2.45) is 0 Å². The van der Waals surface area contributed by atoms with Crippen LogP contribution < -0.4 is 5.73 Å². The van der Waals surface area contributed by atoms with E-state index in [1.807, 2.05) is 0 Å². The Bertz CT molecular complexity index is 816. The van der Waals surface area contributed by atoms with Crippen LogP contribution in [0.4, 0.5) is 14.6 Å². The molecular formula is C15H11F2N3. The number of hydrogen-bond donors (Lipinski definition) is 1. The smallest absolute Gasteiger partial charge is 0.150 e. The normalized spacial score (nSPS) is 10.9. The van der Waals surface area contributed by atoms with Crippen molar-refractivity contribution in [1.29, 1.82) is 0 Å². The van der Waals surface area contributed by atoms with E-state index in [0.717, 1.165) is 0 Å². The lowest BCUT2D eigenvalue weighted by atomic mass is 10.1. The lowest BCUT2D eigenvalue weighted by Gasteiger charge is -2.09. The highest BCUT2D eigenvalue weighted by molar-refractivity contribution is 5.82. The topological polar surface area (TPSA) is 51.8 Å². The Hall–Kier alpha value is -2.56. The molecule has 3 aromatic rings. The van der Waals surface area contributed by atoms with Crippen LogP contribution in [0.25, 0.3) is 22.3 Å². The molecule has 100 valence electrons. The molecule has 0 bridgehead atoms. The first-order valence-corrected chi connectivity index (χ1v) is 6.05. The first kappa shape index (κ1) is 12.5. The molecule has 3 rings (SSSR count). The predicted molar refractivity (Wildman–Crippen MR) is 74.0 cm³/mol. The van der Waals surface area contributed by atoms with Gasteiger partial charge in [0.1, 0.15) is 17.3 Å². The fourth-order valence-corrected chi connectivity index (χ4v) is 2.07. The van der Waals surface area contributed by atoms with Crippen molar-refractivity contribution in [3.05, 3.63) is 53.6 Å². The van der Waals surface area contributed by atoms with Crippen molar-refractivity contribution < 1.29 is 8.78 Å². The van der Waals surface area contributed by atoms with Crippen molar-refractivity contribution in [1.82, 2.24) is 9.97 Å². The third kappa shape index (κ3) is 1.87. The average Bonchev–Trinajstić information content (AvgIpc) is 2.44. The van der Waals surface area contributed by atoms with Crippen molar-refractivity contribution in [2.75, 3.05) is 5.73 Å². The Kier molecular flexibility index (Phi) is 2.82. The largest absolute Gasteiger partial charge is 0.382 e. The quantitative estimate of drug-likeness (QED) is 0.737. The number of fused-ring (bicyclic) bond motifs is 1. The van der Waals surface area contributed by atoms with E-state index < -0.39 is 11.6 Å². The van der Waals surface area contributed by atoms with Gasteiger partial charge in [0.2, 0.25) is 0 Å². The molecule has 0 atom stereocenters. The third-order valence-corrected chi connectivity index (χ3v) is 3.12. The van der Waals surface area contributed by atoms with Gasteiger partial charge in [0, 0.05) is 0 Å². The van der Waals surface area contributed by atoms with Crippen LogP contribution in [0, 0.1) is 18.6 Å². The molecule has 0 radical (unpaired) electrons. The Balaban J connectivity index is 2.35. The molecule has 3 nitrogen and oxygen atoms in total. The van der Waals surface area contributed by atoms with Crippen LogP contribution in [0.2, 0.25) is 0 Å². The molecule has 2 aromatic carbocycles. The zero-order valence-electron chi connectivity index (χ0n) is 10.7. The molecular weight excluding hydrogens is 260 g/mol. The van der Waals surface area contributed by atoms with Gasteiger partial charge in [-0.05, 0) is 30.7 Å². The summed E-state index contributed by atoms with van der Waals surface area (Å²) in [5.41, 5.74) is 7.05. The highest BCUT2D eigenvalue weighted by Gasteiger charge is 2.18. The second-order valence-electron chi connectivity index (χ2n) is 4.50. The van der Waals surface area contributed by atoms with Crippen LogP contribution in [0.1, 0.15) is 5.56 Å². The maximum absolute atomic E-state index is 14.2. The molecule has 0 unspecified atom stereocenters. The number of anilines is 1. The number of para-hydroxylation sites is 2. The van der Waals surface area contributed by atoms with Crippen LogP contribution in [-0.2, 0) is 0 Å². The lowest BCUT2D eigenvalue weighted by Crippen LogP contribution is -2.02. The van der Waals surface area contributed by atoms with Gasteiger partial charge in [-0.25, -0.2) is 18.7 Å². The molecule has 0 fully saturated rings. The van der Waals surface area contributed by atoms with E-state index >= 15 is 0 Å². The van der Waals surface area contributed by atoms with E-state index in [1.54, 1.807) is 31.2 Å². The molecule has 1 heterocycles. The van der Waals surface area contributed by atoms with Crippen molar-refractivity contribution in [2.45, 2.75) is 6.92 Å². The number of aryl methyl sites for hydroxylation is 1. The third-order valence-electron chi connectivity index (χ3n) is 3.12. The van der Waals surface area contributed by atoms with Gasteiger partial charge >= 0.3 is 0 Å². The summed E-state index contributed by atoms with van der Waals surface area (Å²) < 4.78 is 28.1. The van der Waals surface area contributed by atoms with Crippen LogP contribution in [0.15, 0.2) is 36.4 Å². The Labute approximate surface area is 114 Å². The first-order chi connectivity index (χ1) is 9.58. The minimum atomic E-state index is -0.704. The van der Waals surface area contributed by atoms with Gasteiger partial charge in [0.15, 0.2) is 5.82 Å². The monoisotopic (exact) mass is 271 g/mol. The number of nitrogen functional groups attached to an aromatic ring is 1. The number of halogens is 2. The number of rotatable bonds is 1. The standard InChI is InChI=1S/C15H11F2N3/c1-8-6-7-9(16)12(13(8)17)14-15(18)20-11-5-3-2-4-10(11)19-14/h2-7H,1H3,(H2,18,20). The van der Waals surface area contributed by atoms with Gasteiger partial charge in [0.25, 0.3) is 0 Å². The SMILES string of the molecule is Cc1ccc(F)c(-c2nc3ccccc3nc2N)c1F. The van der Waals surface area contributed by atoms with E-state index in [9.17, 15) is 8.78 Å². The summed E-state index contributed by atoms with van der Waals surface area (Å²) in [6.07, 6.45) is 0.